The minimum atomic E-state index is -0.449. The first-order valence-electron chi connectivity index (χ1n) is 8.87. The van der Waals surface area contributed by atoms with E-state index in [-0.39, 0.29) is 17.3 Å². The van der Waals surface area contributed by atoms with Crippen molar-refractivity contribution in [2.24, 2.45) is 0 Å². The summed E-state index contributed by atoms with van der Waals surface area (Å²) >= 11 is 2.70. The van der Waals surface area contributed by atoms with Gasteiger partial charge in [0.1, 0.15) is 11.5 Å². The van der Waals surface area contributed by atoms with Crippen molar-refractivity contribution in [1.82, 2.24) is 4.98 Å². The van der Waals surface area contributed by atoms with Gasteiger partial charge in [-0.15, -0.1) is 11.3 Å². The zero-order valence-electron chi connectivity index (χ0n) is 15.5. The van der Waals surface area contributed by atoms with Crippen LogP contribution >= 0.6 is 23.1 Å². The summed E-state index contributed by atoms with van der Waals surface area (Å²) in [6.07, 6.45) is 0. The van der Waals surface area contributed by atoms with E-state index in [4.69, 9.17) is 4.74 Å². The van der Waals surface area contributed by atoms with Crippen LogP contribution in [0.1, 0.15) is 0 Å². The van der Waals surface area contributed by atoms with E-state index in [1.807, 2.05) is 30.3 Å². The fourth-order valence-electron chi connectivity index (χ4n) is 2.63. The maximum Gasteiger partial charge on any atom is 0.271 e. The molecule has 1 heterocycles. The van der Waals surface area contributed by atoms with Gasteiger partial charge in [0.05, 0.1) is 20.9 Å². The maximum absolute atomic E-state index is 12.2. The van der Waals surface area contributed by atoms with E-state index in [2.05, 4.69) is 10.3 Å². The van der Waals surface area contributed by atoms with E-state index in [0.29, 0.717) is 21.3 Å². The van der Waals surface area contributed by atoms with E-state index in [0.717, 1.165) is 10.4 Å². The molecule has 1 amide bonds. The SMILES string of the molecule is O=C(CSc1nc2cc([N+](=O)[O-])ccc2s1)Nc1ccc(Oc2ccccc2)cc1. The predicted molar refractivity (Wildman–Crippen MR) is 119 cm³/mol. The second-order valence-corrected chi connectivity index (χ2v) is 8.42. The summed E-state index contributed by atoms with van der Waals surface area (Å²) in [5.74, 6) is 1.44. The maximum atomic E-state index is 12.2. The van der Waals surface area contributed by atoms with Crippen molar-refractivity contribution in [1.29, 1.82) is 0 Å². The van der Waals surface area contributed by atoms with E-state index >= 15 is 0 Å². The molecule has 4 aromatic rings. The van der Waals surface area contributed by atoms with Gasteiger partial charge in [0.15, 0.2) is 4.34 Å². The van der Waals surface area contributed by atoms with Gasteiger partial charge in [0.25, 0.3) is 5.69 Å². The number of amides is 1. The van der Waals surface area contributed by atoms with E-state index in [1.54, 1.807) is 30.3 Å². The van der Waals surface area contributed by atoms with Crippen LogP contribution in [0.25, 0.3) is 10.2 Å². The number of nitro benzene ring substituents is 1. The molecule has 0 radical (unpaired) electrons. The molecular weight excluding hydrogens is 422 g/mol. The molecule has 0 saturated carbocycles. The number of carbonyl (C=O) groups excluding carboxylic acids is 1. The van der Waals surface area contributed by atoms with Crippen molar-refractivity contribution in [2.45, 2.75) is 4.34 Å². The topological polar surface area (TPSA) is 94.4 Å². The molecule has 30 heavy (non-hydrogen) atoms. The fraction of sp³-hybridized carbons (Fsp3) is 0.0476. The van der Waals surface area contributed by atoms with E-state index in [1.165, 1.54) is 35.2 Å². The Balaban J connectivity index is 1.32. The van der Waals surface area contributed by atoms with Crippen molar-refractivity contribution in [3.05, 3.63) is 82.9 Å². The standard InChI is InChI=1S/C21H15N3O4S2/c25-20(13-29-21-23-18-12-15(24(26)27)8-11-19(18)30-21)22-14-6-9-17(10-7-14)28-16-4-2-1-3-5-16/h1-12H,13H2,(H,22,25). The molecule has 0 fully saturated rings. The quantitative estimate of drug-likeness (QED) is 0.225. The predicted octanol–water partition coefficient (Wildman–Crippen LogP) is 5.73. The van der Waals surface area contributed by atoms with Crippen LogP contribution < -0.4 is 10.1 Å². The van der Waals surface area contributed by atoms with Gasteiger partial charge >= 0.3 is 0 Å². The van der Waals surface area contributed by atoms with Gasteiger partial charge in [0.2, 0.25) is 5.91 Å². The summed E-state index contributed by atoms with van der Waals surface area (Å²) in [6, 6.07) is 21.1. The molecule has 1 N–H and O–H groups in total. The number of thiazole rings is 1. The highest BCUT2D eigenvalue weighted by Crippen LogP contribution is 2.31. The molecule has 7 nitrogen and oxygen atoms in total. The summed E-state index contributed by atoms with van der Waals surface area (Å²) in [7, 11) is 0. The number of non-ortho nitro benzene ring substituents is 1. The third-order valence-electron chi connectivity index (χ3n) is 4.01. The fourth-order valence-corrected chi connectivity index (χ4v) is 4.47. The Morgan fingerprint density at radius 1 is 1.07 bits per heavy atom. The number of fused-ring (bicyclic) bond motifs is 1. The Labute approximate surface area is 179 Å². The molecule has 0 aliphatic rings. The molecule has 0 aliphatic carbocycles. The first-order chi connectivity index (χ1) is 14.6. The molecule has 0 spiro atoms. The summed E-state index contributed by atoms with van der Waals surface area (Å²) < 4.78 is 7.26. The highest BCUT2D eigenvalue weighted by Gasteiger charge is 2.12. The second-order valence-electron chi connectivity index (χ2n) is 6.17. The third-order valence-corrected chi connectivity index (χ3v) is 6.19. The number of ether oxygens (including phenoxy) is 1. The van der Waals surface area contributed by atoms with Crippen molar-refractivity contribution in [2.75, 3.05) is 11.1 Å². The molecule has 4 rings (SSSR count). The van der Waals surface area contributed by atoms with Crippen LogP contribution in [0.4, 0.5) is 11.4 Å². The van der Waals surface area contributed by atoms with Gasteiger partial charge < -0.3 is 10.1 Å². The monoisotopic (exact) mass is 437 g/mol. The Hall–Kier alpha value is -3.43. The normalized spacial score (nSPS) is 10.7. The summed E-state index contributed by atoms with van der Waals surface area (Å²) in [5, 5.41) is 13.7. The molecule has 0 atom stereocenters. The van der Waals surface area contributed by atoms with Gasteiger partial charge in [-0.05, 0) is 42.5 Å². The van der Waals surface area contributed by atoms with Crippen LogP contribution in [-0.4, -0.2) is 21.6 Å². The number of rotatable bonds is 7. The molecule has 0 unspecified atom stereocenters. The number of nitro groups is 1. The van der Waals surface area contributed by atoms with Gasteiger partial charge in [-0.2, -0.15) is 0 Å². The van der Waals surface area contributed by atoms with Crippen molar-refractivity contribution in [3.8, 4) is 11.5 Å². The Morgan fingerprint density at radius 3 is 2.53 bits per heavy atom. The van der Waals surface area contributed by atoms with Gasteiger partial charge in [-0.1, -0.05) is 30.0 Å². The average molecular weight is 438 g/mol. The third kappa shape index (κ3) is 4.94. The number of nitrogens with one attached hydrogen (secondary N) is 1. The zero-order valence-corrected chi connectivity index (χ0v) is 17.1. The van der Waals surface area contributed by atoms with Crippen LogP contribution in [0.3, 0.4) is 0 Å². The summed E-state index contributed by atoms with van der Waals surface area (Å²) in [5.41, 5.74) is 1.23. The molecule has 1 aromatic heterocycles. The van der Waals surface area contributed by atoms with Crippen LogP contribution in [0.5, 0.6) is 11.5 Å². The van der Waals surface area contributed by atoms with E-state index in [9.17, 15) is 14.9 Å². The number of thioether (sulfide) groups is 1. The van der Waals surface area contributed by atoms with Crippen LogP contribution in [0, 0.1) is 10.1 Å². The molecular formula is C21H15N3O4S2. The molecule has 0 saturated heterocycles. The number of aromatic nitrogens is 1. The Morgan fingerprint density at radius 2 is 1.80 bits per heavy atom. The first kappa shape index (κ1) is 19.9. The molecule has 0 aliphatic heterocycles. The second kappa shape index (κ2) is 8.93. The lowest BCUT2D eigenvalue weighted by atomic mass is 10.3. The minimum absolute atomic E-state index is 0.00165. The lowest BCUT2D eigenvalue weighted by Gasteiger charge is -2.07. The zero-order chi connectivity index (χ0) is 20.9. The van der Waals surface area contributed by atoms with Crippen molar-refractivity contribution < 1.29 is 14.5 Å². The highest BCUT2D eigenvalue weighted by molar-refractivity contribution is 8.01. The molecule has 150 valence electrons. The van der Waals surface area contributed by atoms with Gasteiger partial charge in [0, 0.05) is 17.8 Å². The molecule has 9 heteroatoms. The number of nitrogens with zero attached hydrogens (tertiary/aromatic N) is 2. The number of para-hydroxylation sites is 1. The molecule has 0 bridgehead atoms. The number of benzene rings is 3. The number of carbonyl (C=O) groups is 1. The smallest absolute Gasteiger partial charge is 0.271 e. The number of hydrogen-bond donors (Lipinski definition) is 1. The minimum Gasteiger partial charge on any atom is -0.457 e. The summed E-state index contributed by atoms with van der Waals surface area (Å²) in [4.78, 5) is 27.0. The average Bonchev–Trinajstić information content (AvgIpc) is 3.16. The lowest BCUT2D eigenvalue weighted by Crippen LogP contribution is -2.13. The Bertz CT molecular complexity index is 1190. The largest absolute Gasteiger partial charge is 0.457 e. The highest BCUT2D eigenvalue weighted by atomic mass is 32.2. The first-order valence-corrected chi connectivity index (χ1v) is 10.7. The van der Waals surface area contributed by atoms with Crippen molar-refractivity contribution >= 4 is 50.6 Å². The lowest BCUT2D eigenvalue weighted by molar-refractivity contribution is -0.384. The van der Waals surface area contributed by atoms with Gasteiger partial charge in [-0.3, -0.25) is 14.9 Å². The Kier molecular flexibility index (Phi) is 5.92. The molecule has 3 aromatic carbocycles. The van der Waals surface area contributed by atoms with Crippen LogP contribution in [0.15, 0.2) is 77.1 Å². The number of anilines is 1. The number of hydrogen-bond acceptors (Lipinski definition) is 7. The summed E-state index contributed by atoms with van der Waals surface area (Å²) in [6.45, 7) is 0. The van der Waals surface area contributed by atoms with E-state index < -0.39 is 4.92 Å². The van der Waals surface area contributed by atoms with Crippen LogP contribution in [-0.2, 0) is 4.79 Å². The van der Waals surface area contributed by atoms with Crippen molar-refractivity contribution in [3.63, 3.8) is 0 Å². The van der Waals surface area contributed by atoms with Crippen LogP contribution in [0.2, 0.25) is 0 Å². The van der Waals surface area contributed by atoms with Gasteiger partial charge in [-0.25, -0.2) is 4.98 Å².